The molecule has 0 bridgehead atoms. The van der Waals surface area contributed by atoms with Gasteiger partial charge in [-0.3, -0.25) is 4.79 Å². The van der Waals surface area contributed by atoms with E-state index in [0.29, 0.717) is 5.56 Å². The molecule has 3 rings (SSSR count). The number of hydrogen-bond acceptors (Lipinski definition) is 3. The molecule has 124 valence electrons. The van der Waals surface area contributed by atoms with E-state index in [0.717, 1.165) is 22.8 Å². The van der Waals surface area contributed by atoms with Crippen molar-refractivity contribution < 1.29 is 9.53 Å². The van der Waals surface area contributed by atoms with Crippen LogP contribution in [0, 0.1) is 0 Å². The van der Waals surface area contributed by atoms with Crippen molar-refractivity contribution in [2.75, 3.05) is 0 Å². The average molecular weight is 330 g/mol. The first kappa shape index (κ1) is 16.5. The number of hydrogen-bond donors (Lipinski definition) is 1. The highest BCUT2D eigenvalue weighted by molar-refractivity contribution is 6.00. The first-order chi connectivity index (χ1) is 12.2. The van der Waals surface area contributed by atoms with Gasteiger partial charge >= 0.3 is 0 Å². The second-order valence-electron chi connectivity index (χ2n) is 5.44. The van der Waals surface area contributed by atoms with E-state index in [1.165, 1.54) is 0 Å². The van der Waals surface area contributed by atoms with Gasteiger partial charge in [0.1, 0.15) is 11.5 Å². The Balaban J connectivity index is 1.64. The molecule has 0 aliphatic heterocycles. The van der Waals surface area contributed by atoms with Gasteiger partial charge in [0.15, 0.2) is 0 Å². The quantitative estimate of drug-likeness (QED) is 0.547. The van der Waals surface area contributed by atoms with Crippen LogP contribution in [0.15, 0.2) is 90.0 Å². The predicted octanol–water partition coefficient (Wildman–Crippen LogP) is 4.63. The zero-order chi connectivity index (χ0) is 17.5. The van der Waals surface area contributed by atoms with Crippen molar-refractivity contribution in [1.29, 1.82) is 0 Å². The average Bonchev–Trinajstić information content (AvgIpc) is 2.68. The molecule has 3 aromatic rings. The standard InChI is InChI=1S/C21H18N2O2/c1-16(22-23-21(24)18-8-4-2-5-9-18)17-12-14-20(15-13-17)25-19-10-6-3-7-11-19/h2-15H,1H3,(H,23,24)/b22-16-. The van der Waals surface area contributed by atoms with E-state index in [-0.39, 0.29) is 5.91 Å². The molecule has 1 N–H and O–H groups in total. The molecule has 4 heteroatoms. The van der Waals surface area contributed by atoms with Crippen molar-refractivity contribution in [3.63, 3.8) is 0 Å². The molecule has 0 radical (unpaired) electrons. The fourth-order valence-electron chi connectivity index (χ4n) is 2.24. The Bertz CT molecular complexity index is 857. The number of nitrogens with one attached hydrogen (secondary N) is 1. The van der Waals surface area contributed by atoms with Gasteiger partial charge in [-0.05, 0) is 61.0 Å². The highest BCUT2D eigenvalue weighted by Crippen LogP contribution is 2.21. The highest BCUT2D eigenvalue weighted by Gasteiger charge is 2.04. The molecule has 25 heavy (non-hydrogen) atoms. The molecule has 0 saturated carbocycles. The van der Waals surface area contributed by atoms with E-state index in [4.69, 9.17) is 4.74 Å². The molecule has 0 aromatic heterocycles. The topological polar surface area (TPSA) is 50.7 Å². The maximum absolute atomic E-state index is 12.0. The van der Waals surface area contributed by atoms with Crippen LogP contribution in [0.5, 0.6) is 11.5 Å². The van der Waals surface area contributed by atoms with Gasteiger partial charge in [-0.15, -0.1) is 0 Å². The van der Waals surface area contributed by atoms with Crippen molar-refractivity contribution in [3.8, 4) is 11.5 Å². The first-order valence-electron chi connectivity index (χ1n) is 7.95. The Hall–Kier alpha value is -3.40. The minimum Gasteiger partial charge on any atom is -0.457 e. The summed E-state index contributed by atoms with van der Waals surface area (Å²) >= 11 is 0. The molecule has 1 amide bonds. The number of nitrogens with zero attached hydrogens (tertiary/aromatic N) is 1. The van der Waals surface area contributed by atoms with Crippen molar-refractivity contribution in [2.45, 2.75) is 6.92 Å². The molecular weight excluding hydrogens is 312 g/mol. The van der Waals surface area contributed by atoms with Gasteiger partial charge in [-0.1, -0.05) is 36.4 Å². The summed E-state index contributed by atoms with van der Waals surface area (Å²) in [5, 5.41) is 4.16. The summed E-state index contributed by atoms with van der Waals surface area (Å²) < 4.78 is 5.76. The van der Waals surface area contributed by atoms with E-state index in [1.807, 2.05) is 79.7 Å². The Morgan fingerprint density at radius 1 is 0.760 bits per heavy atom. The van der Waals surface area contributed by atoms with Gasteiger partial charge in [0.05, 0.1) is 5.71 Å². The van der Waals surface area contributed by atoms with E-state index >= 15 is 0 Å². The highest BCUT2D eigenvalue weighted by atomic mass is 16.5. The number of rotatable bonds is 5. The lowest BCUT2D eigenvalue weighted by Gasteiger charge is -2.07. The number of hydrazone groups is 1. The molecule has 3 aromatic carbocycles. The van der Waals surface area contributed by atoms with E-state index in [9.17, 15) is 4.79 Å². The second kappa shape index (κ2) is 7.93. The van der Waals surface area contributed by atoms with Gasteiger partial charge in [0.2, 0.25) is 0 Å². The summed E-state index contributed by atoms with van der Waals surface area (Å²) in [4.78, 5) is 12.0. The summed E-state index contributed by atoms with van der Waals surface area (Å²) in [7, 11) is 0. The minimum absolute atomic E-state index is 0.232. The molecule has 0 heterocycles. The van der Waals surface area contributed by atoms with Crippen LogP contribution in [0.2, 0.25) is 0 Å². The zero-order valence-corrected chi connectivity index (χ0v) is 13.8. The van der Waals surface area contributed by atoms with Crippen molar-refractivity contribution in [2.24, 2.45) is 5.10 Å². The maximum atomic E-state index is 12.0. The molecular formula is C21H18N2O2. The Morgan fingerprint density at radius 2 is 1.32 bits per heavy atom. The number of carbonyl (C=O) groups excluding carboxylic acids is 1. The second-order valence-corrected chi connectivity index (χ2v) is 5.44. The van der Waals surface area contributed by atoms with Crippen LogP contribution in [0.1, 0.15) is 22.8 Å². The van der Waals surface area contributed by atoms with Gasteiger partial charge in [-0.2, -0.15) is 5.10 Å². The molecule has 0 saturated heterocycles. The predicted molar refractivity (Wildman–Crippen MR) is 99.1 cm³/mol. The van der Waals surface area contributed by atoms with Crippen LogP contribution in [0.4, 0.5) is 0 Å². The maximum Gasteiger partial charge on any atom is 0.271 e. The largest absolute Gasteiger partial charge is 0.457 e. The van der Waals surface area contributed by atoms with Gasteiger partial charge in [0, 0.05) is 5.56 Å². The van der Waals surface area contributed by atoms with Crippen LogP contribution in [-0.2, 0) is 0 Å². The molecule has 0 aliphatic carbocycles. The molecule has 0 atom stereocenters. The van der Waals surface area contributed by atoms with Crippen LogP contribution >= 0.6 is 0 Å². The monoisotopic (exact) mass is 330 g/mol. The minimum atomic E-state index is -0.232. The SMILES string of the molecule is C/C(=N/NC(=O)c1ccccc1)c1ccc(Oc2ccccc2)cc1. The number of benzene rings is 3. The summed E-state index contributed by atoms with van der Waals surface area (Å²) in [6, 6.07) is 26.2. The van der Waals surface area contributed by atoms with Crippen molar-refractivity contribution in [1.82, 2.24) is 5.43 Å². The van der Waals surface area contributed by atoms with Crippen molar-refractivity contribution in [3.05, 3.63) is 96.1 Å². The van der Waals surface area contributed by atoms with Gasteiger partial charge in [-0.25, -0.2) is 5.43 Å². The van der Waals surface area contributed by atoms with E-state index in [1.54, 1.807) is 12.1 Å². The lowest BCUT2D eigenvalue weighted by Crippen LogP contribution is -2.19. The van der Waals surface area contributed by atoms with Crippen LogP contribution in [0.3, 0.4) is 0 Å². The van der Waals surface area contributed by atoms with E-state index in [2.05, 4.69) is 10.5 Å². The smallest absolute Gasteiger partial charge is 0.271 e. The Morgan fingerprint density at radius 3 is 1.96 bits per heavy atom. The zero-order valence-electron chi connectivity index (χ0n) is 13.8. The lowest BCUT2D eigenvalue weighted by molar-refractivity contribution is 0.0955. The molecule has 0 aliphatic rings. The summed E-state index contributed by atoms with van der Waals surface area (Å²) in [6.45, 7) is 1.85. The molecule has 0 spiro atoms. The molecule has 0 unspecified atom stereocenters. The number of carbonyl (C=O) groups is 1. The summed E-state index contributed by atoms with van der Waals surface area (Å²) in [6.07, 6.45) is 0. The summed E-state index contributed by atoms with van der Waals surface area (Å²) in [5.74, 6) is 1.30. The van der Waals surface area contributed by atoms with Gasteiger partial charge in [0.25, 0.3) is 5.91 Å². The Labute approximate surface area is 146 Å². The van der Waals surface area contributed by atoms with Crippen LogP contribution in [0.25, 0.3) is 0 Å². The fourth-order valence-corrected chi connectivity index (χ4v) is 2.24. The third-order valence-electron chi connectivity index (χ3n) is 3.61. The first-order valence-corrected chi connectivity index (χ1v) is 7.95. The fraction of sp³-hybridized carbons (Fsp3) is 0.0476. The third-order valence-corrected chi connectivity index (χ3v) is 3.61. The van der Waals surface area contributed by atoms with Crippen molar-refractivity contribution >= 4 is 11.6 Å². The van der Waals surface area contributed by atoms with Crippen LogP contribution < -0.4 is 10.2 Å². The number of amides is 1. The number of para-hydroxylation sites is 1. The molecule has 4 nitrogen and oxygen atoms in total. The normalized spacial score (nSPS) is 11.0. The third kappa shape index (κ3) is 4.54. The van der Waals surface area contributed by atoms with Gasteiger partial charge < -0.3 is 4.74 Å². The van der Waals surface area contributed by atoms with Crippen LogP contribution in [-0.4, -0.2) is 11.6 Å². The Kier molecular flexibility index (Phi) is 5.22. The number of ether oxygens (including phenoxy) is 1. The lowest BCUT2D eigenvalue weighted by atomic mass is 10.1. The summed E-state index contributed by atoms with van der Waals surface area (Å²) in [5.41, 5.74) is 4.77. The molecule has 0 fully saturated rings. The van der Waals surface area contributed by atoms with E-state index < -0.39 is 0 Å².